The molecule has 1 fully saturated rings. The molecule has 3 nitrogen and oxygen atoms in total. The minimum atomic E-state index is 0.246. The molecule has 0 amide bonds. The van der Waals surface area contributed by atoms with Crippen LogP contribution in [0.25, 0.3) is 0 Å². The van der Waals surface area contributed by atoms with Crippen LogP contribution in [-0.4, -0.2) is 36.4 Å². The van der Waals surface area contributed by atoms with Crippen molar-refractivity contribution in [1.29, 1.82) is 0 Å². The molecule has 0 spiro atoms. The normalized spacial score (nSPS) is 25.7. The van der Waals surface area contributed by atoms with E-state index in [9.17, 15) is 4.79 Å². The zero-order valence-corrected chi connectivity index (χ0v) is 7.75. The van der Waals surface area contributed by atoms with E-state index in [4.69, 9.17) is 5.73 Å². The summed E-state index contributed by atoms with van der Waals surface area (Å²) < 4.78 is 0. The zero-order valence-electron chi connectivity index (χ0n) is 7.75. The molecule has 1 atom stereocenters. The second-order valence-electron chi connectivity index (χ2n) is 3.56. The smallest absolute Gasteiger partial charge is 0.143 e. The zero-order chi connectivity index (χ0) is 8.97. The van der Waals surface area contributed by atoms with Crippen LogP contribution >= 0.6 is 0 Å². The monoisotopic (exact) mass is 170 g/mol. The Labute approximate surface area is 73.9 Å². The van der Waals surface area contributed by atoms with Crippen LogP contribution in [0.3, 0.4) is 0 Å². The van der Waals surface area contributed by atoms with Gasteiger partial charge in [-0.1, -0.05) is 6.42 Å². The Bertz CT molecular complexity index is 159. The molecule has 0 aliphatic carbocycles. The lowest BCUT2D eigenvalue weighted by molar-refractivity contribution is -0.118. The van der Waals surface area contributed by atoms with E-state index in [0.29, 0.717) is 19.1 Å². The number of carbonyl (C=O) groups excluding carboxylic acids is 1. The van der Waals surface area contributed by atoms with Gasteiger partial charge in [-0.3, -0.25) is 9.69 Å². The summed E-state index contributed by atoms with van der Waals surface area (Å²) in [4.78, 5) is 13.1. The first kappa shape index (κ1) is 9.68. The third kappa shape index (κ3) is 2.57. The molecule has 12 heavy (non-hydrogen) atoms. The fourth-order valence-electron chi connectivity index (χ4n) is 1.82. The highest BCUT2D eigenvalue weighted by Gasteiger charge is 2.21. The van der Waals surface area contributed by atoms with Crippen molar-refractivity contribution in [2.45, 2.75) is 32.2 Å². The maximum Gasteiger partial charge on any atom is 0.143 e. The number of nitrogens with two attached hydrogens (primary N) is 1. The highest BCUT2D eigenvalue weighted by Crippen LogP contribution is 2.15. The van der Waals surface area contributed by atoms with Crippen LogP contribution in [-0.2, 0) is 4.79 Å². The number of carbonyl (C=O) groups is 1. The van der Waals surface area contributed by atoms with Crippen molar-refractivity contribution in [3.05, 3.63) is 0 Å². The van der Waals surface area contributed by atoms with Crippen molar-refractivity contribution < 1.29 is 4.79 Å². The van der Waals surface area contributed by atoms with Crippen molar-refractivity contribution >= 4 is 5.78 Å². The molecule has 0 bridgehead atoms. The van der Waals surface area contributed by atoms with E-state index < -0.39 is 0 Å². The summed E-state index contributed by atoms with van der Waals surface area (Å²) in [5, 5.41) is 0. The van der Waals surface area contributed by atoms with Gasteiger partial charge >= 0.3 is 0 Å². The average Bonchev–Trinajstić information content (AvgIpc) is 2.04. The number of piperidine rings is 1. The second kappa shape index (κ2) is 4.58. The molecule has 1 saturated heterocycles. The van der Waals surface area contributed by atoms with Gasteiger partial charge in [0.1, 0.15) is 5.78 Å². The predicted molar refractivity (Wildman–Crippen MR) is 48.9 cm³/mol. The molecule has 1 unspecified atom stereocenters. The van der Waals surface area contributed by atoms with Gasteiger partial charge in [-0.15, -0.1) is 0 Å². The van der Waals surface area contributed by atoms with Crippen LogP contribution in [0.1, 0.15) is 26.2 Å². The van der Waals surface area contributed by atoms with Crippen LogP contribution in [0.15, 0.2) is 0 Å². The van der Waals surface area contributed by atoms with Gasteiger partial charge in [-0.25, -0.2) is 0 Å². The molecular formula is C9H18N2O. The minimum absolute atomic E-state index is 0.246. The molecule has 0 aromatic rings. The molecule has 1 rings (SSSR count). The molecular weight excluding hydrogens is 152 g/mol. The summed E-state index contributed by atoms with van der Waals surface area (Å²) in [5.74, 6) is 0.246. The van der Waals surface area contributed by atoms with Gasteiger partial charge in [0.25, 0.3) is 0 Å². The first-order chi connectivity index (χ1) is 5.74. The van der Waals surface area contributed by atoms with Gasteiger partial charge in [0.2, 0.25) is 0 Å². The largest absolute Gasteiger partial charge is 0.329 e. The van der Waals surface area contributed by atoms with Gasteiger partial charge in [0.15, 0.2) is 0 Å². The lowest BCUT2D eigenvalue weighted by atomic mass is 10.0. The number of hydrogen-bond donors (Lipinski definition) is 1. The standard InChI is InChI=1S/C9H18N2O/c1-8(12)7-11-5-3-2-4-9(11)6-10/h9H,2-7,10H2,1H3. The fraction of sp³-hybridized carbons (Fsp3) is 0.889. The summed E-state index contributed by atoms with van der Waals surface area (Å²) in [6, 6.07) is 0.447. The molecule has 3 heteroatoms. The van der Waals surface area contributed by atoms with E-state index in [1.807, 2.05) is 0 Å². The molecule has 1 heterocycles. The second-order valence-corrected chi connectivity index (χ2v) is 3.56. The molecule has 1 aliphatic heterocycles. The quantitative estimate of drug-likeness (QED) is 0.666. The minimum Gasteiger partial charge on any atom is -0.329 e. The van der Waals surface area contributed by atoms with E-state index >= 15 is 0 Å². The van der Waals surface area contributed by atoms with Gasteiger partial charge in [-0.05, 0) is 26.3 Å². The van der Waals surface area contributed by atoms with Crippen molar-refractivity contribution in [1.82, 2.24) is 4.90 Å². The Morgan fingerprint density at radius 3 is 2.92 bits per heavy atom. The third-order valence-electron chi connectivity index (χ3n) is 2.45. The average molecular weight is 170 g/mol. The molecule has 70 valence electrons. The Morgan fingerprint density at radius 2 is 2.33 bits per heavy atom. The highest BCUT2D eigenvalue weighted by molar-refractivity contribution is 5.77. The van der Waals surface area contributed by atoms with Gasteiger partial charge in [-0.2, -0.15) is 0 Å². The number of hydrogen-bond acceptors (Lipinski definition) is 3. The van der Waals surface area contributed by atoms with Crippen LogP contribution in [0.4, 0.5) is 0 Å². The summed E-state index contributed by atoms with van der Waals surface area (Å²) in [6.07, 6.45) is 3.63. The van der Waals surface area contributed by atoms with Gasteiger partial charge in [0.05, 0.1) is 6.54 Å². The maximum atomic E-state index is 10.9. The Hall–Kier alpha value is -0.410. The number of likely N-dealkylation sites (tertiary alicyclic amines) is 1. The van der Waals surface area contributed by atoms with E-state index in [1.165, 1.54) is 12.8 Å². The lowest BCUT2D eigenvalue weighted by Gasteiger charge is -2.34. The van der Waals surface area contributed by atoms with Gasteiger partial charge < -0.3 is 5.73 Å². The number of Topliss-reactive ketones (excluding diaryl/α,β-unsaturated/α-hetero) is 1. The molecule has 1 aliphatic rings. The summed E-state index contributed by atoms with van der Waals surface area (Å²) in [7, 11) is 0. The van der Waals surface area contributed by atoms with E-state index in [-0.39, 0.29) is 5.78 Å². The molecule has 0 saturated carbocycles. The Kier molecular flexibility index (Phi) is 3.69. The number of ketones is 1. The number of nitrogens with zero attached hydrogens (tertiary/aromatic N) is 1. The summed E-state index contributed by atoms with van der Waals surface area (Å²) in [5.41, 5.74) is 5.62. The van der Waals surface area contributed by atoms with Crippen LogP contribution in [0.2, 0.25) is 0 Å². The first-order valence-electron chi connectivity index (χ1n) is 4.67. The summed E-state index contributed by atoms with van der Waals surface area (Å²) in [6.45, 7) is 3.96. The van der Waals surface area contributed by atoms with Crippen molar-refractivity contribution in [2.75, 3.05) is 19.6 Å². The van der Waals surface area contributed by atoms with Crippen LogP contribution in [0, 0.1) is 0 Å². The topological polar surface area (TPSA) is 46.3 Å². The summed E-state index contributed by atoms with van der Waals surface area (Å²) >= 11 is 0. The molecule has 0 radical (unpaired) electrons. The third-order valence-corrected chi connectivity index (χ3v) is 2.45. The molecule has 2 N–H and O–H groups in total. The Balaban J connectivity index is 2.41. The lowest BCUT2D eigenvalue weighted by Crippen LogP contribution is -2.45. The fourth-order valence-corrected chi connectivity index (χ4v) is 1.82. The van der Waals surface area contributed by atoms with Gasteiger partial charge in [0, 0.05) is 12.6 Å². The van der Waals surface area contributed by atoms with Crippen molar-refractivity contribution in [2.24, 2.45) is 5.73 Å². The van der Waals surface area contributed by atoms with E-state index in [2.05, 4.69) is 4.90 Å². The molecule has 0 aromatic carbocycles. The van der Waals surface area contributed by atoms with Crippen LogP contribution < -0.4 is 5.73 Å². The highest BCUT2D eigenvalue weighted by atomic mass is 16.1. The van der Waals surface area contributed by atoms with Crippen molar-refractivity contribution in [3.8, 4) is 0 Å². The van der Waals surface area contributed by atoms with Crippen molar-refractivity contribution in [3.63, 3.8) is 0 Å². The van der Waals surface area contributed by atoms with E-state index in [1.54, 1.807) is 6.92 Å². The Morgan fingerprint density at radius 1 is 1.58 bits per heavy atom. The first-order valence-corrected chi connectivity index (χ1v) is 4.67. The SMILES string of the molecule is CC(=O)CN1CCCCC1CN. The number of rotatable bonds is 3. The predicted octanol–water partition coefficient (Wildman–Crippen LogP) is 0.389. The molecule has 0 aromatic heterocycles. The van der Waals surface area contributed by atoms with Crippen LogP contribution in [0.5, 0.6) is 0 Å². The maximum absolute atomic E-state index is 10.9. The van der Waals surface area contributed by atoms with E-state index in [0.717, 1.165) is 13.0 Å².